The van der Waals surface area contributed by atoms with Gasteiger partial charge in [-0.2, -0.15) is 0 Å². The zero-order chi connectivity index (χ0) is 14.9. The highest BCUT2D eigenvalue weighted by Crippen LogP contribution is 2.50. The Morgan fingerprint density at radius 1 is 1.05 bits per heavy atom. The fraction of sp³-hybridized carbons (Fsp3) is 0.235. The summed E-state index contributed by atoms with van der Waals surface area (Å²) in [6, 6.07) is 15.2. The maximum Gasteiger partial charge on any atom is 0.509 e. The molecule has 0 aliphatic carbocycles. The highest BCUT2D eigenvalue weighted by Gasteiger charge is 2.44. The summed E-state index contributed by atoms with van der Waals surface area (Å²) in [5, 5.41) is 0. The van der Waals surface area contributed by atoms with Crippen molar-refractivity contribution in [1.29, 1.82) is 0 Å². The summed E-state index contributed by atoms with van der Waals surface area (Å²) in [7, 11) is 1.31. The Balaban J connectivity index is 2.23. The molecule has 1 heterocycles. The van der Waals surface area contributed by atoms with E-state index in [1.807, 2.05) is 55.5 Å². The zero-order valence-corrected chi connectivity index (χ0v) is 12.0. The van der Waals surface area contributed by atoms with Crippen LogP contribution in [0.2, 0.25) is 0 Å². The van der Waals surface area contributed by atoms with Crippen LogP contribution in [0, 0.1) is 0 Å². The predicted molar refractivity (Wildman–Crippen MR) is 77.5 cm³/mol. The van der Waals surface area contributed by atoms with Crippen molar-refractivity contribution in [2.24, 2.45) is 0 Å². The van der Waals surface area contributed by atoms with Crippen LogP contribution < -0.4 is 4.74 Å². The third-order valence-electron chi connectivity index (χ3n) is 3.79. The first-order valence-electron chi connectivity index (χ1n) is 6.85. The van der Waals surface area contributed by atoms with Crippen molar-refractivity contribution in [1.82, 2.24) is 0 Å². The smallest absolute Gasteiger partial charge is 0.456 e. The second-order valence-corrected chi connectivity index (χ2v) is 4.83. The Kier molecular flexibility index (Phi) is 3.29. The minimum atomic E-state index is -0.890. The summed E-state index contributed by atoms with van der Waals surface area (Å²) in [4.78, 5) is 11.8. The fourth-order valence-electron chi connectivity index (χ4n) is 2.79. The van der Waals surface area contributed by atoms with Gasteiger partial charge in [-0.3, -0.25) is 0 Å². The molecule has 21 heavy (non-hydrogen) atoms. The largest absolute Gasteiger partial charge is 0.509 e. The van der Waals surface area contributed by atoms with Crippen LogP contribution in [0.4, 0.5) is 4.79 Å². The van der Waals surface area contributed by atoms with Gasteiger partial charge in [0.1, 0.15) is 11.5 Å². The van der Waals surface area contributed by atoms with E-state index in [0.717, 1.165) is 11.1 Å². The number of carbonyl (C=O) groups is 1. The van der Waals surface area contributed by atoms with Gasteiger partial charge in [-0.05, 0) is 18.6 Å². The standard InChI is InChI=1S/C17H16O4/c1-3-17(21-16(18)19-2)12-8-4-6-10-14(12)20-15-11-7-5-9-13(15)17/h4-11H,3H2,1-2H3. The van der Waals surface area contributed by atoms with Gasteiger partial charge in [0.05, 0.1) is 7.11 Å². The molecule has 108 valence electrons. The molecule has 0 spiro atoms. The Labute approximate surface area is 123 Å². The summed E-state index contributed by atoms with van der Waals surface area (Å²) < 4.78 is 16.3. The number of methoxy groups -OCH3 is 1. The molecule has 3 rings (SSSR count). The van der Waals surface area contributed by atoms with Gasteiger partial charge in [0.15, 0.2) is 5.60 Å². The lowest BCUT2D eigenvalue weighted by molar-refractivity contribution is -0.0143. The van der Waals surface area contributed by atoms with Crippen molar-refractivity contribution in [3.05, 3.63) is 59.7 Å². The first kappa shape index (κ1) is 13.5. The van der Waals surface area contributed by atoms with Crippen molar-refractivity contribution in [2.45, 2.75) is 18.9 Å². The number of benzene rings is 2. The summed E-state index contributed by atoms with van der Waals surface area (Å²) >= 11 is 0. The second-order valence-electron chi connectivity index (χ2n) is 4.83. The molecule has 0 unspecified atom stereocenters. The van der Waals surface area contributed by atoms with Gasteiger partial charge in [-0.1, -0.05) is 43.3 Å². The van der Waals surface area contributed by atoms with E-state index in [-0.39, 0.29) is 0 Å². The molecule has 1 aliphatic heterocycles. The molecule has 0 fully saturated rings. The van der Waals surface area contributed by atoms with Crippen LogP contribution in [0.1, 0.15) is 24.5 Å². The summed E-state index contributed by atoms with van der Waals surface area (Å²) in [5.41, 5.74) is 0.770. The highest BCUT2D eigenvalue weighted by atomic mass is 16.7. The molecule has 2 aromatic rings. The molecule has 0 atom stereocenters. The lowest BCUT2D eigenvalue weighted by Gasteiger charge is -2.38. The van der Waals surface area contributed by atoms with Gasteiger partial charge in [0, 0.05) is 11.1 Å². The Morgan fingerprint density at radius 3 is 2.05 bits per heavy atom. The Bertz CT molecular complexity index is 632. The molecule has 0 N–H and O–H groups in total. The average molecular weight is 284 g/mol. The number of ether oxygens (including phenoxy) is 3. The molecule has 0 radical (unpaired) electrons. The van der Waals surface area contributed by atoms with Crippen LogP contribution in [0.3, 0.4) is 0 Å². The molecule has 4 heteroatoms. The van der Waals surface area contributed by atoms with Gasteiger partial charge < -0.3 is 14.2 Å². The van der Waals surface area contributed by atoms with E-state index in [9.17, 15) is 4.79 Å². The molecule has 1 aliphatic rings. The minimum Gasteiger partial charge on any atom is -0.456 e. The summed E-state index contributed by atoms with van der Waals surface area (Å²) in [6.07, 6.45) is -0.122. The van der Waals surface area contributed by atoms with Crippen LogP contribution in [-0.2, 0) is 15.1 Å². The van der Waals surface area contributed by atoms with Crippen molar-refractivity contribution < 1.29 is 19.0 Å². The zero-order valence-electron chi connectivity index (χ0n) is 12.0. The topological polar surface area (TPSA) is 44.8 Å². The molecule has 0 saturated heterocycles. The molecule has 0 bridgehead atoms. The van der Waals surface area contributed by atoms with E-state index in [2.05, 4.69) is 0 Å². The second kappa shape index (κ2) is 5.13. The van der Waals surface area contributed by atoms with Gasteiger partial charge in [0.2, 0.25) is 0 Å². The number of hydrogen-bond donors (Lipinski definition) is 0. The number of rotatable bonds is 2. The predicted octanol–water partition coefficient (Wildman–Crippen LogP) is 4.23. The molecule has 4 nitrogen and oxygen atoms in total. The minimum absolute atomic E-state index is 0.583. The maximum absolute atomic E-state index is 11.8. The quantitative estimate of drug-likeness (QED) is 0.774. The van der Waals surface area contributed by atoms with Crippen LogP contribution in [-0.4, -0.2) is 13.3 Å². The third kappa shape index (κ3) is 2.03. The van der Waals surface area contributed by atoms with Gasteiger partial charge >= 0.3 is 6.16 Å². The van der Waals surface area contributed by atoms with Gasteiger partial charge in [-0.25, -0.2) is 4.79 Å². The average Bonchev–Trinajstić information content (AvgIpc) is 2.54. The lowest BCUT2D eigenvalue weighted by atomic mass is 9.81. The Morgan fingerprint density at radius 2 is 1.57 bits per heavy atom. The lowest BCUT2D eigenvalue weighted by Crippen LogP contribution is -2.36. The summed E-state index contributed by atoms with van der Waals surface area (Å²) in [5.74, 6) is 1.39. The molecular weight excluding hydrogens is 268 g/mol. The number of hydrogen-bond acceptors (Lipinski definition) is 4. The summed E-state index contributed by atoms with van der Waals surface area (Å²) in [6.45, 7) is 1.97. The SMILES string of the molecule is CCC1(OC(=O)OC)c2ccccc2Oc2ccccc21. The van der Waals surface area contributed by atoms with E-state index >= 15 is 0 Å². The van der Waals surface area contributed by atoms with E-state index in [0.29, 0.717) is 17.9 Å². The van der Waals surface area contributed by atoms with Crippen LogP contribution in [0.5, 0.6) is 11.5 Å². The normalized spacial score (nSPS) is 14.4. The van der Waals surface area contributed by atoms with Crippen molar-refractivity contribution in [2.75, 3.05) is 7.11 Å². The van der Waals surface area contributed by atoms with Crippen molar-refractivity contribution in [3.63, 3.8) is 0 Å². The molecule has 2 aromatic carbocycles. The van der Waals surface area contributed by atoms with Crippen LogP contribution in [0.25, 0.3) is 0 Å². The maximum atomic E-state index is 11.8. The fourth-order valence-corrected chi connectivity index (χ4v) is 2.79. The van der Waals surface area contributed by atoms with E-state index in [1.54, 1.807) is 0 Å². The molecule has 0 saturated carbocycles. The van der Waals surface area contributed by atoms with Crippen molar-refractivity contribution >= 4 is 6.16 Å². The molecule has 0 amide bonds. The molecular formula is C17H16O4. The number of fused-ring (bicyclic) bond motifs is 2. The first-order chi connectivity index (χ1) is 10.2. The third-order valence-corrected chi connectivity index (χ3v) is 3.79. The number of carbonyl (C=O) groups excluding carboxylic acids is 1. The van der Waals surface area contributed by atoms with E-state index < -0.39 is 11.8 Å². The van der Waals surface area contributed by atoms with Gasteiger partial charge in [0.25, 0.3) is 0 Å². The first-order valence-corrected chi connectivity index (χ1v) is 6.85. The van der Waals surface area contributed by atoms with Crippen molar-refractivity contribution in [3.8, 4) is 11.5 Å². The van der Waals surface area contributed by atoms with Gasteiger partial charge in [-0.15, -0.1) is 0 Å². The van der Waals surface area contributed by atoms with Crippen LogP contribution in [0.15, 0.2) is 48.5 Å². The number of para-hydroxylation sites is 2. The van der Waals surface area contributed by atoms with Crippen LogP contribution >= 0.6 is 0 Å². The van der Waals surface area contributed by atoms with E-state index in [4.69, 9.17) is 14.2 Å². The van der Waals surface area contributed by atoms with E-state index in [1.165, 1.54) is 7.11 Å². The monoisotopic (exact) mass is 284 g/mol. The Hall–Kier alpha value is -2.49. The molecule has 0 aromatic heterocycles. The highest BCUT2D eigenvalue weighted by molar-refractivity contribution is 5.64.